The molecule has 2 atom stereocenters. The van der Waals surface area contributed by atoms with Crippen LogP contribution in [0.2, 0.25) is 0 Å². The van der Waals surface area contributed by atoms with E-state index in [9.17, 15) is 31.1 Å². The summed E-state index contributed by atoms with van der Waals surface area (Å²) in [7, 11) is 0. The Kier molecular flexibility index (Phi) is 5.59. The van der Waals surface area contributed by atoms with Crippen LogP contribution >= 0.6 is 0 Å². The average Bonchev–Trinajstić information content (AvgIpc) is 3.17. The predicted molar refractivity (Wildman–Crippen MR) is 109 cm³/mol. The summed E-state index contributed by atoms with van der Waals surface area (Å²) in [6, 6.07) is 9.49. The standard InChI is InChI=1S/C22H18F6N4O/c1-12-5-7-13(8-6-12)16-10-18(22(26,27)28)32-19(30-16)11-17(31-32)20(33)29-15-4-2-3-14(9-15)21(23,24)25/h2-9,11,16,18,30H,10H2,1H3,(H,29,33)/t16-,18+/m1/s1. The van der Waals surface area contributed by atoms with E-state index in [-0.39, 0.29) is 23.6 Å². The van der Waals surface area contributed by atoms with E-state index in [0.717, 1.165) is 29.8 Å². The number of hydrogen-bond acceptors (Lipinski definition) is 3. The maximum absolute atomic E-state index is 13.8. The number of benzene rings is 2. The summed E-state index contributed by atoms with van der Waals surface area (Å²) in [5.41, 5.74) is 0.134. The fourth-order valence-corrected chi connectivity index (χ4v) is 3.67. The number of carbonyl (C=O) groups is 1. The summed E-state index contributed by atoms with van der Waals surface area (Å²) < 4.78 is 80.8. The number of anilines is 2. The normalized spacial score (nSPS) is 18.4. The van der Waals surface area contributed by atoms with Crippen molar-refractivity contribution in [2.75, 3.05) is 10.6 Å². The number of hydrogen-bond donors (Lipinski definition) is 2. The summed E-state index contributed by atoms with van der Waals surface area (Å²) in [4.78, 5) is 12.6. The van der Waals surface area contributed by atoms with Crippen molar-refractivity contribution in [3.05, 3.63) is 77.0 Å². The van der Waals surface area contributed by atoms with Crippen molar-refractivity contribution in [1.29, 1.82) is 0 Å². The topological polar surface area (TPSA) is 59.0 Å². The van der Waals surface area contributed by atoms with Gasteiger partial charge in [-0.15, -0.1) is 0 Å². The van der Waals surface area contributed by atoms with Crippen molar-refractivity contribution >= 4 is 17.4 Å². The third-order valence-electron chi connectivity index (χ3n) is 5.35. The van der Waals surface area contributed by atoms with Gasteiger partial charge in [-0.1, -0.05) is 35.9 Å². The summed E-state index contributed by atoms with van der Waals surface area (Å²) >= 11 is 0. The molecule has 33 heavy (non-hydrogen) atoms. The van der Waals surface area contributed by atoms with Crippen molar-refractivity contribution in [2.24, 2.45) is 0 Å². The molecule has 2 N–H and O–H groups in total. The second-order valence-electron chi connectivity index (χ2n) is 7.79. The van der Waals surface area contributed by atoms with Gasteiger partial charge in [-0.3, -0.25) is 4.79 Å². The number of halogens is 6. The first-order chi connectivity index (χ1) is 15.4. The Labute approximate surface area is 184 Å². The fourth-order valence-electron chi connectivity index (χ4n) is 3.67. The van der Waals surface area contributed by atoms with Crippen molar-refractivity contribution in [1.82, 2.24) is 9.78 Å². The number of fused-ring (bicyclic) bond motifs is 1. The number of rotatable bonds is 3. The highest BCUT2D eigenvalue weighted by atomic mass is 19.4. The largest absolute Gasteiger partial charge is 0.416 e. The van der Waals surface area contributed by atoms with Crippen molar-refractivity contribution in [3.8, 4) is 0 Å². The Bertz CT molecular complexity index is 1170. The van der Waals surface area contributed by atoms with E-state index in [2.05, 4.69) is 15.7 Å². The molecule has 2 aromatic carbocycles. The van der Waals surface area contributed by atoms with Gasteiger partial charge in [0.05, 0.1) is 11.6 Å². The number of nitrogens with one attached hydrogen (secondary N) is 2. The first-order valence-electron chi connectivity index (χ1n) is 9.90. The van der Waals surface area contributed by atoms with Gasteiger partial charge in [-0.25, -0.2) is 4.68 Å². The summed E-state index contributed by atoms with van der Waals surface area (Å²) in [6.45, 7) is 1.86. The summed E-state index contributed by atoms with van der Waals surface area (Å²) in [5, 5.41) is 9.04. The molecule has 1 aliphatic rings. The molecule has 0 unspecified atom stereocenters. The highest BCUT2D eigenvalue weighted by Crippen LogP contribution is 2.43. The minimum atomic E-state index is -4.62. The van der Waals surface area contributed by atoms with Crippen molar-refractivity contribution in [2.45, 2.75) is 37.8 Å². The zero-order valence-electron chi connectivity index (χ0n) is 17.1. The molecule has 0 saturated heterocycles. The van der Waals surface area contributed by atoms with Crippen LogP contribution in [-0.2, 0) is 6.18 Å². The van der Waals surface area contributed by atoms with E-state index >= 15 is 0 Å². The Balaban J connectivity index is 1.62. The SMILES string of the molecule is Cc1ccc([C@H]2C[C@@H](C(F)(F)F)n3nc(C(=O)Nc4cccc(C(F)(F)F)c4)cc3N2)cc1. The van der Waals surface area contributed by atoms with Gasteiger partial charge in [-0.05, 0) is 30.7 Å². The van der Waals surface area contributed by atoms with E-state index in [4.69, 9.17) is 0 Å². The third kappa shape index (κ3) is 4.81. The second-order valence-corrected chi connectivity index (χ2v) is 7.79. The van der Waals surface area contributed by atoms with Crippen LogP contribution in [0.1, 0.15) is 45.7 Å². The highest BCUT2D eigenvalue weighted by molar-refractivity contribution is 6.03. The lowest BCUT2D eigenvalue weighted by molar-refractivity contribution is -0.173. The second kappa shape index (κ2) is 8.13. The van der Waals surface area contributed by atoms with Gasteiger partial charge in [0.25, 0.3) is 5.91 Å². The molecule has 4 rings (SSSR count). The molecule has 2 heterocycles. The quantitative estimate of drug-likeness (QED) is 0.455. The van der Waals surface area contributed by atoms with Gasteiger partial charge in [-0.2, -0.15) is 31.4 Å². The molecule has 0 fully saturated rings. The zero-order valence-corrected chi connectivity index (χ0v) is 17.1. The fraction of sp³-hybridized carbons (Fsp3) is 0.273. The summed E-state index contributed by atoms with van der Waals surface area (Å²) in [6.07, 6.45) is -9.57. The lowest BCUT2D eigenvalue weighted by atomic mass is 9.96. The van der Waals surface area contributed by atoms with Crippen LogP contribution in [0.15, 0.2) is 54.6 Å². The molecule has 0 radical (unpaired) electrons. The van der Waals surface area contributed by atoms with Gasteiger partial charge in [0.15, 0.2) is 11.7 Å². The molecule has 11 heteroatoms. The van der Waals surface area contributed by atoms with Gasteiger partial charge >= 0.3 is 12.4 Å². The minimum absolute atomic E-state index is 0.0108. The van der Waals surface area contributed by atoms with Crippen LogP contribution < -0.4 is 10.6 Å². The number of alkyl halides is 6. The van der Waals surface area contributed by atoms with Crippen molar-refractivity contribution in [3.63, 3.8) is 0 Å². The number of nitrogens with zero attached hydrogens (tertiary/aromatic N) is 2. The van der Waals surface area contributed by atoms with Gasteiger partial charge < -0.3 is 10.6 Å². The monoisotopic (exact) mass is 468 g/mol. The highest BCUT2D eigenvalue weighted by Gasteiger charge is 2.46. The molecular formula is C22H18F6N4O. The van der Waals surface area contributed by atoms with Crippen molar-refractivity contribution < 1.29 is 31.1 Å². The third-order valence-corrected chi connectivity index (χ3v) is 5.35. The van der Waals surface area contributed by atoms with E-state index in [1.165, 1.54) is 6.07 Å². The molecule has 1 amide bonds. The Hall–Kier alpha value is -3.50. The molecule has 0 aliphatic carbocycles. The Morgan fingerprint density at radius 2 is 1.76 bits per heavy atom. The van der Waals surface area contributed by atoms with Crippen LogP contribution in [0, 0.1) is 6.92 Å². The first kappa shape index (κ1) is 22.7. The van der Waals surface area contributed by atoms with E-state index < -0.39 is 35.9 Å². The lowest BCUT2D eigenvalue weighted by Crippen LogP contribution is -2.35. The molecule has 174 valence electrons. The maximum atomic E-state index is 13.8. The van der Waals surface area contributed by atoms with E-state index in [1.807, 2.05) is 6.92 Å². The molecule has 0 bridgehead atoms. The van der Waals surface area contributed by atoms with Gasteiger partial charge in [0, 0.05) is 18.2 Å². The molecule has 0 saturated carbocycles. The lowest BCUT2D eigenvalue weighted by Gasteiger charge is -2.33. The minimum Gasteiger partial charge on any atom is -0.363 e. The molecular weight excluding hydrogens is 450 g/mol. The molecule has 0 spiro atoms. The zero-order chi connectivity index (χ0) is 24.0. The molecule has 3 aromatic rings. The van der Waals surface area contributed by atoms with Crippen LogP contribution in [0.4, 0.5) is 37.8 Å². The first-order valence-corrected chi connectivity index (χ1v) is 9.90. The number of aryl methyl sites for hydroxylation is 1. The number of carbonyl (C=O) groups excluding carboxylic acids is 1. The summed E-state index contributed by atoms with van der Waals surface area (Å²) in [5.74, 6) is -0.936. The Morgan fingerprint density at radius 3 is 2.39 bits per heavy atom. The average molecular weight is 468 g/mol. The van der Waals surface area contributed by atoms with Crippen LogP contribution in [0.5, 0.6) is 0 Å². The molecule has 5 nitrogen and oxygen atoms in total. The maximum Gasteiger partial charge on any atom is 0.416 e. The number of amides is 1. The smallest absolute Gasteiger partial charge is 0.363 e. The predicted octanol–water partition coefficient (Wildman–Crippen LogP) is 6.12. The molecule has 1 aromatic heterocycles. The van der Waals surface area contributed by atoms with E-state index in [0.29, 0.717) is 10.2 Å². The van der Waals surface area contributed by atoms with E-state index in [1.54, 1.807) is 24.3 Å². The number of aromatic nitrogens is 2. The van der Waals surface area contributed by atoms with Crippen LogP contribution in [-0.4, -0.2) is 21.9 Å². The van der Waals surface area contributed by atoms with Crippen LogP contribution in [0.25, 0.3) is 0 Å². The van der Waals surface area contributed by atoms with Gasteiger partial charge in [0.1, 0.15) is 5.82 Å². The van der Waals surface area contributed by atoms with Gasteiger partial charge in [0.2, 0.25) is 0 Å². The van der Waals surface area contributed by atoms with Crippen LogP contribution in [0.3, 0.4) is 0 Å². The Morgan fingerprint density at radius 1 is 1.06 bits per heavy atom. The molecule has 1 aliphatic heterocycles.